The van der Waals surface area contributed by atoms with E-state index in [9.17, 15) is 9.90 Å². The Kier molecular flexibility index (Phi) is 5.39. The molecule has 2 aromatic heterocycles. The number of aliphatic hydroxyl groups is 1. The number of aromatic amines is 1. The van der Waals surface area contributed by atoms with Crippen LogP contribution in [0.2, 0.25) is 0 Å². The molecule has 0 aliphatic heterocycles. The lowest BCUT2D eigenvalue weighted by Gasteiger charge is -2.17. The minimum atomic E-state index is -0.925. The van der Waals surface area contributed by atoms with Gasteiger partial charge in [0.15, 0.2) is 0 Å². The van der Waals surface area contributed by atoms with Crippen LogP contribution < -0.4 is 15.6 Å². The van der Waals surface area contributed by atoms with Gasteiger partial charge in [0, 0.05) is 47.1 Å². The summed E-state index contributed by atoms with van der Waals surface area (Å²) in [6.07, 6.45) is 1.09. The molecular weight excluding hydrogens is 342 g/mol. The number of benzene rings is 1. The molecular formula is C21H27N3O3. The van der Waals surface area contributed by atoms with Crippen LogP contribution in [0.5, 0.6) is 5.75 Å². The summed E-state index contributed by atoms with van der Waals surface area (Å²) in [5.41, 5.74) is 3.95. The van der Waals surface area contributed by atoms with E-state index in [0.717, 1.165) is 27.7 Å². The van der Waals surface area contributed by atoms with Crippen molar-refractivity contribution in [2.45, 2.75) is 46.5 Å². The highest BCUT2D eigenvalue weighted by molar-refractivity contribution is 5.85. The first-order valence-electron chi connectivity index (χ1n) is 9.11. The summed E-state index contributed by atoms with van der Waals surface area (Å²) in [5, 5.41) is 14.8. The summed E-state index contributed by atoms with van der Waals surface area (Å²) in [5.74, 6) is 0.684. The van der Waals surface area contributed by atoms with Crippen LogP contribution in [0, 0.1) is 13.8 Å². The molecule has 3 rings (SSSR count). The van der Waals surface area contributed by atoms with E-state index in [1.54, 1.807) is 7.11 Å². The summed E-state index contributed by atoms with van der Waals surface area (Å²) in [7, 11) is 1.61. The Morgan fingerprint density at radius 3 is 2.63 bits per heavy atom. The molecule has 6 nitrogen and oxygen atoms in total. The lowest BCUT2D eigenvalue weighted by molar-refractivity contribution is 0.138. The molecule has 0 spiro atoms. The predicted octanol–water partition coefficient (Wildman–Crippen LogP) is 3.32. The third-order valence-electron chi connectivity index (χ3n) is 4.90. The van der Waals surface area contributed by atoms with Gasteiger partial charge in [-0.25, -0.2) is 0 Å². The normalized spacial score (nSPS) is 12.7. The van der Waals surface area contributed by atoms with Gasteiger partial charge in [-0.3, -0.25) is 10.1 Å². The number of hydrogen-bond donors (Lipinski definition) is 3. The largest absolute Gasteiger partial charge is 0.497 e. The van der Waals surface area contributed by atoms with Crippen molar-refractivity contribution >= 4 is 10.9 Å². The number of hydrogen-bond acceptors (Lipinski definition) is 4. The number of fused-ring (bicyclic) bond motifs is 1. The fraction of sp³-hybridized carbons (Fsp3) is 0.381. The molecule has 3 aromatic rings. The van der Waals surface area contributed by atoms with E-state index in [-0.39, 0.29) is 12.1 Å². The second kappa shape index (κ2) is 7.58. The number of nitrogens with one attached hydrogen (secondary N) is 2. The monoisotopic (exact) mass is 369 g/mol. The van der Waals surface area contributed by atoms with Gasteiger partial charge in [0.25, 0.3) is 5.56 Å². The zero-order valence-electron chi connectivity index (χ0n) is 16.5. The first-order valence-corrected chi connectivity index (χ1v) is 9.11. The average Bonchev–Trinajstić information content (AvgIpc) is 3.03. The number of aryl methyl sites for hydroxylation is 2. The van der Waals surface area contributed by atoms with Crippen LogP contribution in [-0.4, -0.2) is 21.8 Å². The highest BCUT2D eigenvalue weighted by Crippen LogP contribution is 2.31. The number of aromatic nitrogens is 2. The molecule has 144 valence electrons. The first kappa shape index (κ1) is 19.2. The van der Waals surface area contributed by atoms with Gasteiger partial charge in [0.2, 0.25) is 0 Å². The van der Waals surface area contributed by atoms with Gasteiger partial charge < -0.3 is 19.4 Å². The third kappa shape index (κ3) is 3.77. The van der Waals surface area contributed by atoms with Gasteiger partial charge in [-0.05, 0) is 51.5 Å². The second-order valence-electron chi connectivity index (χ2n) is 7.19. The number of nitrogens with zero attached hydrogens (tertiary/aromatic N) is 1. The molecule has 0 fully saturated rings. The average molecular weight is 369 g/mol. The maximum atomic E-state index is 12.2. The van der Waals surface area contributed by atoms with E-state index >= 15 is 0 Å². The summed E-state index contributed by atoms with van der Waals surface area (Å²) in [4.78, 5) is 15.0. The van der Waals surface area contributed by atoms with Gasteiger partial charge in [-0.2, -0.15) is 0 Å². The second-order valence-corrected chi connectivity index (χ2v) is 7.19. The zero-order valence-corrected chi connectivity index (χ0v) is 16.5. The van der Waals surface area contributed by atoms with Crippen LogP contribution in [0.15, 0.2) is 35.3 Å². The number of aliphatic hydroxyl groups excluding tert-OH is 1. The van der Waals surface area contributed by atoms with Crippen molar-refractivity contribution in [3.8, 4) is 5.75 Å². The summed E-state index contributed by atoms with van der Waals surface area (Å²) >= 11 is 0. The Morgan fingerprint density at radius 2 is 2.00 bits per heavy atom. The number of ether oxygens (including phenoxy) is 1. The molecule has 1 atom stereocenters. The predicted molar refractivity (Wildman–Crippen MR) is 107 cm³/mol. The maximum Gasteiger partial charge on any atom is 0.252 e. The van der Waals surface area contributed by atoms with E-state index in [0.29, 0.717) is 17.4 Å². The van der Waals surface area contributed by atoms with E-state index in [2.05, 4.69) is 28.7 Å². The van der Waals surface area contributed by atoms with E-state index in [1.165, 1.54) is 0 Å². The van der Waals surface area contributed by atoms with Crippen molar-refractivity contribution in [2.24, 2.45) is 0 Å². The van der Waals surface area contributed by atoms with Gasteiger partial charge in [-0.15, -0.1) is 0 Å². The zero-order chi connectivity index (χ0) is 19.7. The Balaban J connectivity index is 1.94. The summed E-state index contributed by atoms with van der Waals surface area (Å²) in [6.45, 7) is 8.25. The fourth-order valence-corrected chi connectivity index (χ4v) is 3.47. The molecule has 0 amide bonds. The molecule has 6 heteroatoms. The fourth-order valence-electron chi connectivity index (χ4n) is 3.47. The summed E-state index contributed by atoms with van der Waals surface area (Å²) < 4.78 is 7.57. The Morgan fingerprint density at radius 1 is 1.26 bits per heavy atom. The molecule has 0 radical (unpaired) electrons. The topological polar surface area (TPSA) is 79.3 Å². The van der Waals surface area contributed by atoms with Crippen LogP contribution in [0.3, 0.4) is 0 Å². The Labute approximate surface area is 158 Å². The molecule has 27 heavy (non-hydrogen) atoms. The third-order valence-corrected chi connectivity index (χ3v) is 4.90. The SMILES string of the molecule is COc1cc(C(O)NCc2c(C)cc(C)[nH]c2=O)c2ccn(C(C)C)c2c1. The highest BCUT2D eigenvalue weighted by atomic mass is 16.5. The standard InChI is InChI=1S/C21H27N3O3/c1-12(2)24-7-6-16-17(9-15(27-5)10-19(16)24)20(25)22-11-18-13(3)8-14(4)23-21(18)26/h6-10,12,20,22,25H,11H2,1-5H3,(H,23,26). The van der Waals surface area contributed by atoms with Crippen LogP contribution in [0.4, 0.5) is 0 Å². The molecule has 0 bridgehead atoms. The lowest BCUT2D eigenvalue weighted by Crippen LogP contribution is -2.26. The highest BCUT2D eigenvalue weighted by Gasteiger charge is 2.17. The molecule has 1 aromatic carbocycles. The number of pyridine rings is 1. The minimum absolute atomic E-state index is 0.131. The smallest absolute Gasteiger partial charge is 0.252 e. The molecule has 0 aliphatic rings. The van der Waals surface area contributed by atoms with Crippen molar-refractivity contribution in [1.82, 2.24) is 14.9 Å². The molecule has 1 unspecified atom stereocenters. The molecule has 3 N–H and O–H groups in total. The first-order chi connectivity index (χ1) is 12.8. The lowest BCUT2D eigenvalue weighted by atomic mass is 10.1. The molecule has 0 saturated heterocycles. The number of methoxy groups -OCH3 is 1. The van der Waals surface area contributed by atoms with Gasteiger partial charge in [0.1, 0.15) is 12.0 Å². The molecule has 0 aliphatic carbocycles. The van der Waals surface area contributed by atoms with Crippen LogP contribution in [0.1, 0.15) is 48.5 Å². The van der Waals surface area contributed by atoms with Crippen LogP contribution in [-0.2, 0) is 6.54 Å². The molecule has 2 heterocycles. The van der Waals surface area contributed by atoms with Crippen LogP contribution >= 0.6 is 0 Å². The van der Waals surface area contributed by atoms with Gasteiger partial charge in [0.05, 0.1) is 12.6 Å². The maximum absolute atomic E-state index is 12.2. The van der Waals surface area contributed by atoms with E-state index in [4.69, 9.17) is 4.74 Å². The van der Waals surface area contributed by atoms with Crippen molar-refractivity contribution in [3.05, 3.63) is 63.2 Å². The van der Waals surface area contributed by atoms with E-state index in [1.807, 2.05) is 44.3 Å². The van der Waals surface area contributed by atoms with Crippen molar-refractivity contribution in [3.63, 3.8) is 0 Å². The molecule has 0 saturated carbocycles. The minimum Gasteiger partial charge on any atom is -0.497 e. The summed E-state index contributed by atoms with van der Waals surface area (Å²) in [6, 6.07) is 8.02. The van der Waals surface area contributed by atoms with Crippen molar-refractivity contribution < 1.29 is 9.84 Å². The Hall–Kier alpha value is -2.57. The van der Waals surface area contributed by atoms with E-state index < -0.39 is 6.23 Å². The number of H-pyrrole nitrogens is 1. The van der Waals surface area contributed by atoms with Gasteiger partial charge >= 0.3 is 0 Å². The van der Waals surface area contributed by atoms with Crippen LogP contribution in [0.25, 0.3) is 10.9 Å². The Bertz CT molecular complexity index is 1020. The quantitative estimate of drug-likeness (QED) is 0.583. The van der Waals surface area contributed by atoms with Crippen molar-refractivity contribution in [2.75, 3.05) is 7.11 Å². The van der Waals surface area contributed by atoms with Gasteiger partial charge in [-0.1, -0.05) is 0 Å². The van der Waals surface area contributed by atoms with Crippen molar-refractivity contribution in [1.29, 1.82) is 0 Å². The number of rotatable bonds is 6.